The maximum Gasteiger partial charge on any atom is 0.251 e. The number of methoxy groups -OCH3 is 1. The predicted octanol–water partition coefficient (Wildman–Crippen LogP) is 5.64. The van der Waals surface area contributed by atoms with E-state index in [9.17, 15) is 9.59 Å². The van der Waals surface area contributed by atoms with Gasteiger partial charge in [0.15, 0.2) is 0 Å². The molecule has 1 atom stereocenters. The molecule has 7 nitrogen and oxygen atoms in total. The zero-order valence-electron chi connectivity index (χ0n) is 22.0. The van der Waals surface area contributed by atoms with Gasteiger partial charge in [-0.3, -0.25) is 9.59 Å². The quantitative estimate of drug-likeness (QED) is 0.272. The number of carbonyl (C=O) groups is 2. The van der Waals surface area contributed by atoms with E-state index in [-0.39, 0.29) is 23.7 Å². The van der Waals surface area contributed by atoms with Gasteiger partial charge in [0.05, 0.1) is 13.0 Å². The van der Waals surface area contributed by atoms with Gasteiger partial charge in [-0.25, -0.2) is 0 Å². The van der Waals surface area contributed by atoms with Crippen molar-refractivity contribution in [3.63, 3.8) is 0 Å². The van der Waals surface area contributed by atoms with E-state index < -0.39 is 0 Å². The Labute approximate surface area is 224 Å². The molecule has 3 N–H and O–H groups in total. The summed E-state index contributed by atoms with van der Waals surface area (Å²) in [5.74, 6) is 2.05. The number of hydrogen-bond donors (Lipinski definition) is 3. The first-order valence-corrected chi connectivity index (χ1v) is 13.4. The lowest BCUT2D eigenvalue weighted by atomic mass is 9.79. The summed E-state index contributed by atoms with van der Waals surface area (Å²) in [6, 6.07) is 24.2. The van der Waals surface area contributed by atoms with Crippen molar-refractivity contribution >= 4 is 17.5 Å². The molecule has 2 amide bonds. The Balaban J connectivity index is 1.28. The molecule has 1 fully saturated rings. The van der Waals surface area contributed by atoms with Crippen molar-refractivity contribution in [3.8, 4) is 17.2 Å². The van der Waals surface area contributed by atoms with Crippen LogP contribution < -0.4 is 25.4 Å². The highest BCUT2D eigenvalue weighted by Crippen LogP contribution is 2.30. The number of benzene rings is 3. The Bertz CT molecular complexity index is 1140. The van der Waals surface area contributed by atoms with Gasteiger partial charge in [-0.05, 0) is 79.4 Å². The molecule has 0 heterocycles. The van der Waals surface area contributed by atoms with Crippen molar-refractivity contribution < 1.29 is 19.1 Å². The fourth-order valence-electron chi connectivity index (χ4n) is 4.85. The van der Waals surface area contributed by atoms with Gasteiger partial charge in [-0.15, -0.1) is 0 Å². The Kier molecular flexibility index (Phi) is 10.0. The number of ether oxygens (including phenoxy) is 2. The number of para-hydroxylation sites is 1. The minimum Gasteiger partial charge on any atom is -0.497 e. The van der Waals surface area contributed by atoms with Crippen LogP contribution in [0.25, 0.3) is 0 Å². The van der Waals surface area contributed by atoms with Crippen LogP contribution in [0.5, 0.6) is 17.2 Å². The monoisotopic (exact) mass is 515 g/mol. The number of amides is 2. The third kappa shape index (κ3) is 8.00. The van der Waals surface area contributed by atoms with Crippen LogP contribution in [-0.4, -0.2) is 38.6 Å². The molecule has 4 rings (SSSR count). The summed E-state index contributed by atoms with van der Waals surface area (Å²) < 4.78 is 11.0. The number of carbonyl (C=O) groups excluding carboxylic acids is 2. The first-order valence-electron chi connectivity index (χ1n) is 13.4. The fourth-order valence-corrected chi connectivity index (χ4v) is 4.85. The van der Waals surface area contributed by atoms with Crippen molar-refractivity contribution in [3.05, 3.63) is 84.4 Å². The first-order chi connectivity index (χ1) is 18.6. The van der Waals surface area contributed by atoms with Gasteiger partial charge in [-0.2, -0.15) is 0 Å². The van der Waals surface area contributed by atoms with Crippen LogP contribution in [0.3, 0.4) is 0 Å². The number of anilines is 1. The van der Waals surface area contributed by atoms with Gasteiger partial charge < -0.3 is 25.4 Å². The van der Waals surface area contributed by atoms with Crippen molar-refractivity contribution in [2.75, 3.05) is 32.1 Å². The van der Waals surface area contributed by atoms with E-state index in [2.05, 4.69) is 16.0 Å². The lowest BCUT2D eigenvalue weighted by Gasteiger charge is -2.29. The third-order valence-electron chi connectivity index (χ3n) is 6.98. The highest BCUT2D eigenvalue weighted by Gasteiger charge is 2.29. The SMILES string of the molecule is COc1ccc(NCCNC(=O)C(CNC(=O)c2ccc(Oc3ccccc3)cc2)C2CCCCC2)cc1. The molecule has 1 saturated carbocycles. The van der Waals surface area contributed by atoms with Gasteiger partial charge in [0.1, 0.15) is 17.2 Å². The number of hydrogen-bond acceptors (Lipinski definition) is 5. The molecule has 3 aromatic carbocycles. The molecule has 200 valence electrons. The van der Waals surface area contributed by atoms with Crippen LogP contribution in [0.15, 0.2) is 78.9 Å². The molecule has 1 aliphatic rings. The van der Waals surface area contributed by atoms with Crippen LogP contribution >= 0.6 is 0 Å². The minimum absolute atomic E-state index is 0.000315. The summed E-state index contributed by atoms with van der Waals surface area (Å²) in [5, 5.41) is 9.39. The van der Waals surface area contributed by atoms with Gasteiger partial charge in [0.2, 0.25) is 5.91 Å². The molecule has 0 spiro atoms. The largest absolute Gasteiger partial charge is 0.497 e. The third-order valence-corrected chi connectivity index (χ3v) is 6.98. The van der Waals surface area contributed by atoms with Crippen molar-refractivity contribution in [2.24, 2.45) is 11.8 Å². The summed E-state index contributed by atoms with van der Waals surface area (Å²) in [4.78, 5) is 26.1. The Morgan fingerprint density at radius 1 is 0.789 bits per heavy atom. The Morgan fingerprint density at radius 2 is 1.45 bits per heavy atom. The van der Waals surface area contributed by atoms with E-state index in [1.807, 2.05) is 54.6 Å². The van der Waals surface area contributed by atoms with Crippen LogP contribution in [-0.2, 0) is 4.79 Å². The van der Waals surface area contributed by atoms with E-state index in [0.29, 0.717) is 30.9 Å². The predicted molar refractivity (Wildman–Crippen MR) is 150 cm³/mol. The lowest BCUT2D eigenvalue weighted by Crippen LogP contribution is -2.44. The zero-order valence-corrected chi connectivity index (χ0v) is 22.0. The minimum atomic E-state index is -0.249. The van der Waals surface area contributed by atoms with Crippen LogP contribution in [0.2, 0.25) is 0 Å². The van der Waals surface area contributed by atoms with E-state index in [1.165, 1.54) is 6.42 Å². The maximum absolute atomic E-state index is 13.2. The van der Waals surface area contributed by atoms with E-state index in [1.54, 1.807) is 31.4 Å². The molecular weight excluding hydrogens is 478 g/mol. The second-order valence-corrected chi connectivity index (χ2v) is 9.60. The molecule has 38 heavy (non-hydrogen) atoms. The van der Waals surface area contributed by atoms with E-state index in [0.717, 1.165) is 42.9 Å². The van der Waals surface area contributed by atoms with Gasteiger partial charge in [-0.1, -0.05) is 37.5 Å². The highest BCUT2D eigenvalue weighted by atomic mass is 16.5. The summed E-state index contributed by atoms with van der Waals surface area (Å²) in [6.45, 7) is 1.44. The molecular formula is C31H37N3O4. The number of nitrogens with one attached hydrogen (secondary N) is 3. The van der Waals surface area contributed by atoms with Crippen molar-refractivity contribution in [1.82, 2.24) is 10.6 Å². The molecule has 0 radical (unpaired) electrons. The standard InChI is InChI=1S/C31H37N3O4/c1-37-26-18-14-25(15-19-26)32-20-21-33-31(36)29(23-8-4-2-5-9-23)22-34-30(35)24-12-16-28(17-13-24)38-27-10-6-3-7-11-27/h3,6-7,10-19,23,29,32H,2,4-5,8-9,20-22H2,1H3,(H,33,36)(H,34,35). The van der Waals surface area contributed by atoms with Crippen molar-refractivity contribution in [2.45, 2.75) is 32.1 Å². The smallest absolute Gasteiger partial charge is 0.251 e. The average Bonchev–Trinajstić information content (AvgIpc) is 2.97. The highest BCUT2D eigenvalue weighted by molar-refractivity contribution is 5.94. The molecule has 0 saturated heterocycles. The fraction of sp³-hybridized carbons (Fsp3) is 0.355. The topological polar surface area (TPSA) is 88.7 Å². The van der Waals surface area contributed by atoms with Crippen LogP contribution in [0.1, 0.15) is 42.5 Å². The normalized spacial score (nSPS) is 14.2. The summed E-state index contributed by atoms with van der Waals surface area (Å²) in [5.41, 5.74) is 1.51. The average molecular weight is 516 g/mol. The van der Waals surface area contributed by atoms with Crippen LogP contribution in [0, 0.1) is 11.8 Å². The molecule has 0 aromatic heterocycles. The zero-order chi connectivity index (χ0) is 26.6. The molecule has 1 aliphatic carbocycles. The number of rotatable bonds is 12. The van der Waals surface area contributed by atoms with Crippen LogP contribution in [0.4, 0.5) is 5.69 Å². The van der Waals surface area contributed by atoms with Gasteiger partial charge in [0.25, 0.3) is 5.91 Å². The Hall–Kier alpha value is -4.00. The molecule has 1 unspecified atom stereocenters. The summed E-state index contributed by atoms with van der Waals surface area (Å²) in [7, 11) is 1.64. The molecule has 0 aliphatic heterocycles. The van der Waals surface area contributed by atoms with E-state index >= 15 is 0 Å². The first kappa shape index (κ1) is 27.0. The van der Waals surface area contributed by atoms with Gasteiger partial charge >= 0.3 is 0 Å². The summed E-state index contributed by atoms with van der Waals surface area (Å²) >= 11 is 0. The molecule has 7 heteroatoms. The molecule has 3 aromatic rings. The second kappa shape index (κ2) is 14.1. The van der Waals surface area contributed by atoms with E-state index in [4.69, 9.17) is 9.47 Å². The van der Waals surface area contributed by atoms with Crippen molar-refractivity contribution in [1.29, 1.82) is 0 Å². The lowest BCUT2D eigenvalue weighted by molar-refractivity contribution is -0.126. The Morgan fingerprint density at radius 3 is 2.13 bits per heavy atom. The second-order valence-electron chi connectivity index (χ2n) is 9.60. The van der Waals surface area contributed by atoms with Gasteiger partial charge in [0, 0.05) is 30.9 Å². The molecule has 0 bridgehead atoms. The summed E-state index contributed by atoms with van der Waals surface area (Å²) in [6.07, 6.45) is 5.50. The maximum atomic E-state index is 13.2.